The number of nitrogens with one attached hydrogen (secondary N) is 1. The third-order valence-electron chi connectivity index (χ3n) is 4.49. The first-order valence-electron chi connectivity index (χ1n) is 9.07. The third-order valence-corrected chi connectivity index (χ3v) is 4.86. The number of para-hydroxylation sites is 2. The van der Waals surface area contributed by atoms with E-state index in [2.05, 4.69) is 10.5 Å². The molecule has 0 fully saturated rings. The Morgan fingerprint density at radius 3 is 2.14 bits per heavy atom. The molecule has 0 bridgehead atoms. The van der Waals surface area contributed by atoms with E-state index in [-0.39, 0.29) is 29.4 Å². The topological polar surface area (TPSA) is 91.8 Å². The maximum Gasteiger partial charge on any atom is 0.271 e. The van der Waals surface area contributed by atoms with Gasteiger partial charge in [0.05, 0.1) is 30.7 Å². The summed E-state index contributed by atoms with van der Waals surface area (Å²) in [5.74, 6) is -0.298. The van der Waals surface area contributed by atoms with Crippen LogP contribution < -0.4 is 11.0 Å². The summed E-state index contributed by atoms with van der Waals surface area (Å²) in [5.41, 5.74) is 5.15. The number of hydrogen-bond acceptors (Lipinski definition) is 6. The average molecular weight is 410 g/mol. The molecule has 3 rings (SSSR count). The molecule has 0 aliphatic heterocycles. The first-order chi connectivity index (χ1) is 14.0. The fraction of sp³-hybridized carbons (Fsp3) is 0.190. The molecule has 8 heteroatoms. The number of aliphatic hydroxyl groups excluding tert-OH is 1. The number of benzene rings is 2. The van der Waals surface area contributed by atoms with Gasteiger partial charge in [0.1, 0.15) is 5.56 Å². The van der Waals surface area contributed by atoms with Gasteiger partial charge in [-0.05, 0) is 49.3 Å². The molecular weight excluding hydrogens is 388 g/mol. The Morgan fingerprint density at radius 2 is 1.59 bits per heavy atom. The van der Waals surface area contributed by atoms with Crippen LogP contribution in [0.4, 0.5) is 0 Å². The molecule has 3 aromatic rings. The molecule has 1 aromatic heterocycles. The van der Waals surface area contributed by atoms with Gasteiger partial charge in [-0.2, -0.15) is 5.10 Å². The lowest BCUT2D eigenvalue weighted by molar-refractivity contribution is 0.294. The molecule has 0 aliphatic carbocycles. The second-order valence-corrected chi connectivity index (χ2v) is 6.82. The summed E-state index contributed by atoms with van der Waals surface area (Å²) >= 11 is 5.64. The van der Waals surface area contributed by atoms with E-state index in [9.17, 15) is 9.90 Å². The normalized spacial score (nSPS) is 11.1. The number of rotatable bonds is 6. The summed E-state index contributed by atoms with van der Waals surface area (Å²) in [6.45, 7) is 3.90. The molecule has 0 amide bonds. The summed E-state index contributed by atoms with van der Waals surface area (Å²) in [7, 11) is 0. The third kappa shape index (κ3) is 3.98. The number of aromatic nitrogens is 2. The summed E-state index contributed by atoms with van der Waals surface area (Å²) in [4.78, 5) is 13.3. The highest BCUT2D eigenvalue weighted by atomic mass is 32.1. The Kier molecular flexibility index (Phi) is 6.26. The van der Waals surface area contributed by atoms with Crippen molar-refractivity contribution in [2.75, 3.05) is 13.2 Å². The molecule has 0 spiro atoms. The highest BCUT2D eigenvalue weighted by Gasteiger charge is 2.19. The van der Waals surface area contributed by atoms with Gasteiger partial charge in [-0.1, -0.05) is 36.4 Å². The van der Waals surface area contributed by atoms with E-state index < -0.39 is 5.56 Å². The van der Waals surface area contributed by atoms with Crippen molar-refractivity contribution < 1.29 is 10.2 Å². The minimum Gasteiger partial charge on any atom is -0.494 e. The standard InChI is InChI=1S/C21H22N4O3S/c1-14-7-3-5-9-17(14)24-19(27)16(13-23-22-11-12-26)20(28)25(21(24)29)18-10-6-4-8-15(18)2/h3-10,13,22,26-27H,11-12H2,1-2H3/b23-13+. The van der Waals surface area contributed by atoms with Gasteiger partial charge in [0, 0.05) is 0 Å². The average Bonchev–Trinajstić information content (AvgIpc) is 2.70. The van der Waals surface area contributed by atoms with Gasteiger partial charge in [-0.25, -0.2) is 0 Å². The van der Waals surface area contributed by atoms with Gasteiger partial charge >= 0.3 is 0 Å². The van der Waals surface area contributed by atoms with Crippen molar-refractivity contribution in [3.63, 3.8) is 0 Å². The van der Waals surface area contributed by atoms with Gasteiger partial charge in [-0.3, -0.25) is 13.9 Å². The van der Waals surface area contributed by atoms with Crippen LogP contribution in [-0.4, -0.2) is 38.7 Å². The monoisotopic (exact) mass is 410 g/mol. The van der Waals surface area contributed by atoms with Crippen LogP contribution in [0.2, 0.25) is 0 Å². The van der Waals surface area contributed by atoms with Crippen molar-refractivity contribution in [3.05, 3.63) is 80.3 Å². The van der Waals surface area contributed by atoms with Gasteiger partial charge in [0.25, 0.3) is 5.56 Å². The Bertz CT molecular complexity index is 1180. The summed E-state index contributed by atoms with van der Waals surface area (Å²) in [5, 5.41) is 23.8. The SMILES string of the molecule is Cc1ccccc1-n1c(O)c(/C=N/NCCO)c(=O)n(-c2ccccc2C)c1=S. The predicted octanol–water partition coefficient (Wildman–Crippen LogP) is 2.60. The van der Waals surface area contributed by atoms with Crippen LogP contribution in [0.15, 0.2) is 58.4 Å². The number of hydrogen-bond donors (Lipinski definition) is 3. The van der Waals surface area contributed by atoms with Crippen LogP contribution in [0.5, 0.6) is 5.88 Å². The first-order valence-corrected chi connectivity index (χ1v) is 9.48. The van der Waals surface area contributed by atoms with Crippen LogP contribution >= 0.6 is 12.2 Å². The fourth-order valence-electron chi connectivity index (χ4n) is 3.01. The number of nitrogens with zero attached hydrogens (tertiary/aromatic N) is 3. The Labute approximate surface area is 173 Å². The number of aliphatic hydroxyl groups is 1. The summed E-state index contributed by atoms with van der Waals surface area (Å²) in [6.07, 6.45) is 1.24. The van der Waals surface area contributed by atoms with Crippen molar-refractivity contribution >= 4 is 18.4 Å². The van der Waals surface area contributed by atoms with E-state index in [0.717, 1.165) is 11.1 Å². The lowest BCUT2D eigenvalue weighted by atomic mass is 10.2. The van der Waals surface area contributed by atoms with Crippen molar-refractivity contribution in [3.8, 4) is 17.3 Å². The molecule has 2 aromatic carbocycles. The van der Waals surface area contributed by atoms with Gasteiger partial charge in [0.2, 0.25) is 5.88 Å². The lowest BCUT2D eigenvalue weighted by Crippen LogP contribution is -2.28. The highest BCUT2D eigenvalue weighted by Crippen LogP contribution is 2.24. The maximum atomic E-state index is 13.3. The predicted molar refractivity (Wildman–Crippen MR) is 116 cm³/mol. The lowest BCUT2D eigenvalue weighted by Gasteiger charge is -2.18. The Balaban J connectivity index is 2.38. The quantitative estimate of drug-likeness (QED) is 0.251. The van der Waals surface area contributed by atoms with E-state index in [1.165, 1.54) is 15.3 Å². The largest absolute Gasteiger partial charge is 0.494 e. The molecule has 150 valence electrons. The van der Waals surface area contributed by atoms with Crippen molar-refractivity contribution in [2.45, 2.75) is 13.8 Å². The van der Waals surface area contributed by atoms with Crippen LogP contribution in [0.25, 0.3) is 11.4 Å². The van der Waals surface area contributed by atoms with Gasteiger partial charge < -0.3 is 15.6 Å². The van der Waals surface area contributed by atoms with Crippen molar-refractivity contribution in [1.82, 2.24) is 14.6 Å². The zero-order valence-electron chi connectivity index (χ0n) is 16.2. The minimum atomic E-state index is -0.485. The molecule has 0 aliphatic rings. The van der Waals surface area contributed by atoms with E-state index >= 15 is 0 Å². The molecule has 0 radical (unpaired) electrons. The molecule has 0 saturated heterocycles. The number of aryl methyl sites for hydroxylation is 2. The van der Waals surface area contributed by atoms with E-state index in [4.69, 9.17) is 17.3 Å². The van der Waals surface area contributed by atoms with E-state index in [0.29, 0.717) is 11.4 Å². The Morgan fingerprint density at radius 1 is 1.03 bits per heavy atom. The zero-order chi connectivity index (χ0) is 21.0. The zero-order valence-corrected chi connectivity index (χ0v) is 17.0. The van der Waals surface area contributed by atoms with Crippen LogP contribution in [0.3, 0.4) is 0 Å². The van der Waals surface area contributed by atoms with Crippen molar-refractivity contribution in [1.29, 1.82) is 0 Å². The van der Waals surface area contributed by atoms with E-state index in [1.54, 1.807) is 6.07 Å². The molecule has 0 saturated carbocycles. The molecule has 29 heavy (non-hydrogen) atoms. The molecule has 3 N–H and O–H groups in total. The van der Waals surface area contributed by atoms with Crippen LogP contribution in [0.1, 0.15) is 16.7 Å². The van der Waals surface area contributed by atoms with Crippen LogP contribution in [0, 0.1) is 18.6 Å². The molecule has 0 atom stereocenters. The number of hydrazone groups is 1. The molecular formula is C21H22N4O3S. The van der Waals surface area contributed by atoms with Crippen molar-refractivity contribution in [2.24, 2.45) is 5.10 Å². The smallest absolute Gasteiger partial charge is 0.271 e. The first kappa shape index (κ1) is 20.5. The number of aromatic hydroxyl groups is 1. The summed E-state index contributed by atoms with van der Waals surface area (Å²) in [6, 6.07) is 14.8. The fourth-order valence-corrected chi connectivity index (χ4v) is 3.38. The highest BCUT2D eigenvalue weighted by molar-refractivity contribution is 7.71. The van der Waals surface area contributed by atoms with Gasteiger partial charge in [0.15, 0.2) is 4.77 Å². The molecule has 0 unspecified atom stereocenters. The second-order valence-electron chi connectivity index (χ2n) is 6.46. The molecule has 1 heterocycles. The minimum absolute atomic E-state index is 0.0180. The second kappa shape index (κ2) is 8.85. The summed E-state index contributed by atoms with van der Waals surface area (Å²) < 4.78 is 3.01. The maximum absolute atomic E-state index is 13.3. The molecule has 7 nitrogen and oxygen atoms in total. The Hall–Kier alpha value is -3.23. The van der Waals surface area contributed by atoms with Gasteiger partial charge in [-0.15, -0.1) is 0 Å². The van der Waals surface area contributed by atoms with Crippen LogP contribution in [-0.2, 0) is 0 Å². The van der Waals surface area contributed by atoms with E-state index in [1.807, 2.05) is 56.3 Å².